The van der Waals surface area contributed by atoms with Crippen LogP contribution in [0.2, 0.25) is 0 Å². The number of nitrogens with one attached hydrogen (secondary N) is 2. The molecule has 2 heterocycles. The molecule has 2 aromatic carbocycles. The van der Waals surface area contributed by atoms with E-state index in [4.69, 9.17) is 4.74 Å². The maximum atomic E-state index is 13.0. The van der Waals surface area contributed by atoms with E-state index in [-0.39, 0.29) is 17.5 Å². The van der Waals surface area contributed by atoms with Gasteiger partial charge in [0.1, 0.15) is 12.4 Å². The highest BCUT2D eigenvalue weighted by molar-refractivity contribution is 5.97. The third-order valence-electron chi connectivity index (χ3n) is 5.79. The van der Waals surface area contributed by atoms with E-state index in [2.05, 4.69) is 15.5 Å². The normalized spacial score (nSPS) is 16.6. The van der Waals surface area contributed by atoms with Crippen LogP contribution in [-0.2, 0) is 11.2 Å². The van der Waals surface area contributed by atoms with Crippen LogP contribution in [0, 0.1) is 11.7 Å². The highest BCUT2D eigenvalue weighted by Gasteiger charge is 2.25. The second-order valence-electron chi connectivity index (χ2n) is 7.80. The Kier molecular flexibility index (Phi) is 6.28. The number of halogens is 1. The quantitative estimate of drug-likeness (QED) is 0.705. The molecule has 7 heteroatoms. The molecule has 0 unspecified atom stereocenters. The van der Waals surface area contributed by atoms with Crippen LogP contribution in [0.15, 0.2) is 42.5 Å². The molecule has 0 aromatic heterocycles. The number of carbonyl (C=O) groups is 2. The predicted octanol–water partition coefficient (Wildman–Crippen LogP) is 3.94. The number of rotatable bonds is 6. The number of piperidine rings is 1. The molecule has 2 N–H and O–H groups in total. The maximum absolute atomic E-state index is 13.0. The lowest BCUT2D eigenvalue weighted by Gasteiger charge is -2.31. The molecule has 1 amide bonds. The summed E-state index contributed by atoms with van der Waals surface area (Å²) in [5.74, 6) is -0.293. The summed E-state index contributed by atoms with van der Waals surface area (Å²) in [6, 6.07) is 11.5. The van der Waals surface area contributed by atoms with Crippen molar-refractivity contribution in [2.24, 2.45) is 5.92 Å². The van der Waals surface area contributed by atoms with E-state index in [1.165, 1.54) is 17.7 Å². The molecule has 0 radical (unpaired) electrons. The molecule has 0 saturated carbocycles. The van der Waals surface area contributed by atoms with Crippen LogP contribution in [-0.4, -0.2) is 49.6 Å². The van der Waals surface area contributed by atoms with Crippen LogP contribution in [0.3, 0.4) is 0 Å². The molecule has 158 valence electrons. The fourth-order valence-electron chi connectivity index (χ4n) is 4.07. The number of likely N-dealkylation sites (tertiary alicyclic amines) is 1. The van der Waals surface area contributed by atoms with Gasteiger partial charge in [0.25, 0.3) is 0 Å². The number of anilines is 2. The average Bonchev–Trinajstić information content (AvgIpc) is 3.22. The number of Topliss-reactive ketones (excluding diaryl/α,β-unsaturated/α-hetero) is 1. The lowest BCUT2D eigenvalue weighted by atomic mass is 9.89. The zero-order valence-corrected chi connectivity index (χ0v) is 16.8. The lowest BCUT2D eigenvalue weighted by molar-refractivity contribution is 0.0813. The van der Waals surface area contributed by atoms with Crippen molar-refractivity contribution in [2.75, 3.05) is 43.4 Å². The monoisotopic (exact) mass is 411 g/mol. The number of hydrogen-bond acceptors (Lipinski definition) is 5. The zero-order valence-electron chi connectivity index (χ0n) is 16.8. The molecule has 2 aliphatic rings. The van der Waals surface area contributed by atoms with Crippen molar-refractivity contribution in [3.8, 4) is 0 Å². The number of ether oxygens (including phenoxy) is 1. The Bertz CT molecular complexity index is 908. The van der Waals surface area contributed by atoms with Gasteiger partial charge in [-0.3, -0.25) is 15.0 Å². The standard InChI is InChI=1S/C23H26FN3O3/c24-19-3-1-16(2-4-19)22(28)17-8-11-27(12-9-17)13-14-30-23(29)26-20-5-6-21-18(15-20)7-10-25-21/h1-6,15,17,25H,7-14H2,(H,26,29). The van der Waals surface area contributed by atoms with Crippen molar-refractivity contribution in [3.63, 3.8) is 0 Å². The molecular formula is C23H26FN3O3. The minimum absolute atomic E-state index is 0.0368. The van der Waals surface area contributed by atoms with Gasteiger partial charge in [-0.2, -0.15) is 0 Å². The summed E-state index contributed by atoms with van der Waals surface area (Å²) < 4.78 is 18.3. The molecule has 4 rings (SSSR count). The zero-order chi connectivity index (χ0) is 20.9. The first-order chi connectivity index (χ1) is 14.6. The van der Waals surface area contributed by atoms with Crippen LogP contribution in [0.25, 0.3) is 0 Å². The van der Waals surface area contributed by atoms with Gasteiger partial charge in [-0.1, -0.05) is 0 Å². The molecule has 30 heavy (non-hydrogen) atoms. The van der Waals surface area contributed by atoms with Crippen LogP contribution < -0.4 is 10.6 Å². The van der Waals surface area contributed by atoms with Crippen molar-refractivity contribution in [2.45, 2.75) is 19.3 Å². The van der Waals surface area contributed by atoms with Crippen molar-refractivity contribution >= 4 is 23.3 Å². The minimum atomic E-state index is -0.456. The molecule has 0 spiro atoms. The predicted molar refractivity (Wildman–Crippen MR) is 114 cm³/mol. The van der Waals surface area contributed by atoms with Crippen LogP contribution >= 0.6 is 0 Å². The molecule has 1 saturated heterocycles. The molecular weight excluding hydrogens is 385 g/mol. The topological polar surface area (TPSA) is 70.7 Å². The Hall–Kier alpha value is -2.93. The van der Waals surface area contributed by atoms with Gasteiger partial charge in [0.2, 0.25) is 0 Å². The van der Waals surface area contributed by atoms with E-state index in [1.807, 2.05) is 18.2 Å². The second kappa shape index (κ2) is 9.26. The number of hydrogen-bond donors (Lipinski definition) is 2. The molecule has 0 aliphatic carbocycles. The van der Waals surface area contributed by atoms with E-state index in [0.29, 0.717) is 18.7 Å². The summed E-state index contributed by atoms with van der Waals surface area (Å²) in [5.41, 5.74) is 3.63. The second-order valence-corrected chi connectivity index (χ2v) is 7.80. The van der Waals surface area contributed by atoms with Gasteiger partial charge in [0.05, 0.1) is 0 Å². The highest BCUT2D eigenvalue weighted by Crippen LogP contribution is 2.25. The van der Waals surface area contributed by atoms with Gasteiger partial charge in [0.15, 0.2) is 5.78 Å². The van der Waals surface area contributed by atoms with Crippen molar-refractivity contribution in [1.29, 1.82) is 0 Å². The molecule has 2 aliphatic heterocycles. The van der Waals surface area contributed by atoms with Gasteiger partial charge in [-0.15, -0.1) is 0 Å². The summed E-state index contributed by atoms with van der Waals surface area (Å²) in [6.45, 7) is 3.42. The molecule has 2 aromatic rings. The molecule has 0 atom stereocenters. The Balaban J connectivity index is 1.16. The van der Waals surface area contributed by atoms with Gasteiger partial charge >= 0.3 is 6.09 Å². The smallest absolute Gasteiger partial charge is 0.411 e. The number of ketones is 1. The Labute approximate surface area is 175 Å². The SMILES string of the molecule is O=C(Nc1ccc2c(c1)CCN2)OCCN1CCC(C(=O)c2ccc(F)cc2)CC1. The van der Waals surface area contributed by atoms with Crippen molar-refractivity contribution in [3.05, 3.63) is 59.4 Å². The maximum Gasteiger partial charge on any atom is 0.411 e. The first kappa shape index (κ1) is 20.3. The molecule has 1 fully saturated rings. The number of nitrogens with zero attached hydrogens (tertiary/aromatic N) is 1. The number of amides is 1. The average molecular weight is 411 g/mol. The summed E-state index contributed by atoms with van der Waals surface area (Å²) in [4.78, 5) is 26.8. The van der Waals surface area contributed by atoms with Gasteiger partial charge in [0, 0.05) is 35.9 Å². The Morgan fingerprint density at radius 3 is 2.67 bits per heavy atom. The summed E-state index contributed by atoms with van der Waals surface area (Å²) >= 11 is 0. The van der Waals surface area contributed by atoms with Crippen molar-refractivity contribution in [1.82, 2.24) is 4.90 Å². The number of fused-ring (bicyclic) bond motifs is 1. The van der Waals surface area contributed by atoms with Crippen molar-refractivity contribution < 1.29 is 18.7 Å². The van der Waals surface area contributed by atoms with Crippen LogP contribution in [0.1, 0.15) is 28.8 Å². The van der Waals surface area contributed by atoms with E-state index in [9.17, 15) is 14.0 Å². The van der Waals surface area contributed by atoms with Crippen LogP contribution in [0.5, 0.6) is 0 Å². The molecule has 0 bridgehead atoms. The largest absolute Gasteiger partial charge is 0.448 e. The first-order valence-electron chi connectivity index (χ1n) is 10.4. The van der Waals surface area contributed by atoms with Gasteiger partial charge in [-0.25, -0.2) is 9.18 Å². The van der Waals surface area contributed by atoms with Crippen LogP contribution in [0.4, 0.5) is 20.6 Å². The summed E-state index contributed by atoms with van der Waals surface area (Å²) in [5, 5.41) is 6.06. The third kappa shape index (κ3) is 4.97. The van der Waals surface area contributed by atoms with Gasteiger partial charge in [-0.05, 0) is 80.4 Å². The highest BCUT2D eigenvalue weighted by atomic mass is 19.1. The van der Waals surface area contributed by atoms with E-state index in [1.54, 1.807) is 12.1 Å². The number of benzene rings is 2. The van der Waals surface area contributed by atoms with E-state index < -0.39 is 6.09 Å². The minimum Gasteiger partial charge on any atom is -0.448 e. The lowest BCUT2D eigenvalue weighted by Crippen LogP contribution is -2.38. The summed E-state index contributed by atoms with van der Waals surface area (Å²) in [6.07, 6.45) is 2.01. The Morgan fingerprint density at radius 2 is 1.90 bits per heavy atom. The Morgan fingerprint density at radius 1 is 1.13 bits per heavy atom. The fraction of sp³-hybridized carbons (Fsp3) is 0.391. The van der Waals surface area contributed by atoms with E-state index >= 15 is 0 Å². The van der Waals surface area contributed by atoms with Gasteiger partial charge < -0.3 is 10.1 Å². The number of carbonyl (C=O) groups excluding carboxylic acids is 2. The molecule has 6 nitrogen and oxygen atoms in total. The third-order valence-corrected chi connectivity index (χ3v) is 5.79. The summed E-state index contributed by atoms with van der Waals surface area (Å²) in [7, 11) is 0. The fourth-order valence-corrected chi connectivity index (χ4v) is 4.07. The first-order valence-corrected chi connectivity index (χ1v) is 10.4. The van der Waals surface area contributed by atoms with E-state index in [0.717, 1.165) is 50.3 Å².